The van der Waals surface area contributed by atoms with Crippen molar-refractivity contribution in [3.05, 3.63) is 35.9 Å². The van der Waals surface area contributed by atoms with Gasteiger partial charge in [-0.2, -0.15) is 0 Å². The van der Waals surface area contributed by atoms with Gasteiger partial charge in [0.15, 0.2) is 0 Å². The first-order chi connectivity index (χ1) is 11.1. The van der Waals surface area contributed by atoms with Crippen molar-refractivity contribution in [2.24, 2.45) is 17.3 Å². The highest BCUT2D eigenvalue weighted by Crippen LogP contribution is 2.57. The van der Waals surface area contributed by atoms with Crippen LogP contribution in [0, 0.1) is 17.3 Å². The molecule has 3 nitrogen and oxygen atoms in total. The summed E-state index contributed by atoms with van der Waals surface area (Å²) in [6.07, 6.45) is 6.11. The normalized spacial score (nSPS) is 28.5. The minimum atomic E-state index is 0.138. The molecule has 2 saturated carbocycles. The molecule has 1 aromatic rings. The summed E-state index contributed by atoms with van der Waals surface area (Å²) in [6.45, 7) is 6.20. The summed E-state index contributed by atoms with van der Waals surface area (Å²) in [5, 5.41) is 6.68. The summed E-state index contributed by atoms with van der Waals surface area (Å²) < 4.78 is 0. The molecule has 0 unspecified atom stereocenters. The quantitative estimate of drug-likeness (QED) is 0.844. The average molecular weight is 314 g/mol. The maximum Gasteiger partial charge on any atom is 0.221 e. The van der Waals surface area contributed by atoms with E-state index in [1.807, 2.05) is 30.3 Å². The highest BCUT2D eigenvalue weighted by Gasteiger charge is 2.55. The van der Waals surface area contributed by atoms with Crippen molar-refractivity contribution in [2.45, 2.75) is 58.5 Å². The molecule has 0 aliphatic heterocycles. The minimum Gasteiger partial charge on any atom is -0.352 e. The highest BCUT2D eigenvalue weighted by molar-refractivity contribution is 5.76. The van der Waals surface area contributed by atoms with Crippen LogP contribution in [-0.4, -0.2) is 18.5 Å². The Morgan fingerprint density at radius 3 is 2.70 bits per heavy atom. The number of hydrogen-bond donors (Lipinski definition) is 2. The highest BCUT2D eigenvalue weighted by atomic mass is 16.1. The summed E-state index contributed by atoms with van der Waals surface area (Å²) in [6, 6.07) is 10.7. The number of carbonyl (C=O) groups is 1. The number of amides is 1. The lowest BCUT2D eigenvalue weighted by atomic mass is 9.48. The summed E-state index contributed by atoms with van der Waals surface area (Å²) in [7, 11) is 0. The SMILES string of the molecule is CC1(C)[C@H](NCCC(=O)NCc2ccccc2)[C@@H]2CCCC[C@@H]21. The van der Waals surface area contributed by atoms with Gasteiger partial charge in [0, 0.05) is 25.6 Å². The molecule has 3 heteroatoms. The molecule has 3 rings (SSSR count). The molecule has 126 valence electrons. The summed E-state index contributed by atoms with van der Waals surface area (Å²) >= 11 is 0. The first-order valence-corrected chi connectivity index (χ1v) is 9.13. The molecular formula is C20H30N2O. The molecule has 0 saturated heterocycles. The van der Waals surface area contributed by atoms with Crippen molar-refractivity contribution in [2.75, 3.05) is 6.54 Å². The lowest BCUT2D eigenvalue weighted by Gasteiger charge is -2.61. The summed E-state index contributed by atoms with van der Waals surface area (Å²) in [5.41, 5.74) is 1.55. The van der Waals surface area contributed by atoms with Crippen LogP contribution in [0.15, 0.2) is 30.3 Å². The van der Waals surface area contributed by atoms with E-state index >= 15 is 0 Å². The Balaban J connectivity index is 1.38. The van der Waals surface area contributed by atoms with Crippen LogP contribution in [-0.2, 0) is 11.3 Å². The van der Waals surface area contributed by atoms with Gasteiger partial charge >= 0.3 is 0 Å². The molecule has 0 spiro atoms. The van der Waals surface area contributed by atoms with Gasteiger partial charge in [-0.05, 0) is 35.7 Å². The van der Waals surface area contributed by atoms with Gasteiger partial charge in [0.2, 0.25) is 5.91 Å². The molecule has 1 aromatic carbocycles. The topological polar surface area (TPSA) is 41.1 Å². The van der Waals surface area contributed by atoms with E-state index in [1.165, 1.54) is 25.7 Å². The van der Waals surface area contributed by atoms with E-state index in [-0.39, 0.29) is 5.91 Å². The van der Waals surface area contributed by atoms with Gasteiger partial charge < -0.3 is 10.6 Å². The molecule has 0 aromatic heterocycles. The number of rotatable bonds is 6. The van der Waals surface area contributed by atoms with Gasteiger partial charge in [-0.15, -0.1) is 0 Å². The van der Waals surface area contributed by atoms with Gasteiger partial charge in [0.25, 0.3) is 0 Å². The average Bonchev–Trinajstić information content (AvgIpc) is 2.57. The van der Waals surface area contributed by atoms with Gasteiger partial charge in [0.1, 0.15) is 0 Å². The fourth-order valence-corrected chi connectivity index (χ4v) is 4.79. The van der Waals surface area contributed by atoms with Crippen LogP contribution in [0.5, 0.6) is 0 Å². The largest absolute Gasteiger partial charge is 0.352 e. The monoisotopic (exact) mass is 314 g/mol. The molecule has 0 heterocycles. The lowest BCUT2D eigenvalue weighted by Crippen LogP contribution is -2.65. The number of nitrogens with one attached hydrogen (secondary N) is 2. The molecule has 1 amide bonds. The van der Waals surface area contributed by atoms with E-state index < -0.39 is 0 Å². The Hall–Kier alpha value is -1.35. The van der Waals surface area contributed by atoms with Crippen LogP contribution in [0.4, 0.5) is 0 Å². The Morgan fingerprint density at radius 2 is 1.91 bits per heavy atom. The molecule has 2 aliphatic rings. The third kappa shape index (κ3) is 3.60. The Bertz CT molecular complexity index is 526. The van der Waals surface area contributed by atoms with Gasteiger partial charge in [0.05, 0.1) is 0 Å². The second kappa shape index (κ2) is 7.04. The fraction of sp³-hybridized carbons (Fsp3) is 0.650. The Morgan fingerprint density at radius 1 is 1.17 bits per heavy atom. The van der Waals surface area contributed by atoms with E-state index in [9.17, 15) is 4.79 Å². The van der Waals surface area contributed by atoms with E-state index in [4.69, 9.17) is 0 Å². The van der Waals surface area contributed by atoms with E-state index in [2.05, 4.69) is 24.5 Å². The molecule has 2 fully saturated rings. The zero-order chi connectivity index (χ0) is 16.3. The van der Waals surface area contributed by atoms with Crippen molar-refractivity contribution >= 4 is 5.91 Å². The number of hydrogen-bond acceptors (Lipinski definition) is 2. The zero-order valence-electron chi connectivity index (χ0n) is 14.5. The molecule has 0 radical (unpaired) electrons. The van der Waals surface area contributed by atoms with Crippen LogP contribution in [0.2, 0.25) is 0 Å². The van der Waals surface area contributed by atoms with E-state index in [0.29, 0.717) is 24.4 Å². The molecule has 3 atom stereocenters. The smallest absolute Gasteiger partial charge is 0.221 e. The zero-order valence-corrected chi connectivity index (χ0v) is 14.5. The molecule has 2 aliphatic carbocycles. The van der Waals surface area contributed by atoms with Crippen molar-refractivity contribution in [1.29, 1.82) is 0 Å². The van der Waals surface area contributed by atoms with Gasteiger partial charge in [-0.1, -0.05) is 57.0 Å². The minimum absolute atomic E-state index is 0.138. The van der Waals surface area contributed by atoms with Crippen LogP contribution in [0.1, 0.15) is 51.5 Å². The third-order valence-electron chi connectivity index (χ3n) is 6.05. The maximum atomic E-state index is 12.0. The predicted molar refractivity (Wildman–Crippen MR) is 93.9 cm³/mol. The van der Waals surface area contributed by atoms with Crippen LogP contribution in [0.25, 0.3) is 0 Å². The number of carbonyl (C=O) groups excluding carboxylic acids is 1. The van der Waals surface area contributed by atoms with Crippen molar-refractivity contribution in [3.8, 4) is 0 Å². The first kappa shape index (κ1) is 16.5. The van der Waals surface area contributed by atoms with Crippen LogP contribution >= 0.6 is 0 Å². The van der Waals surface area contributed by atoms with Crippen molar-refractivity contribution < 1.29 is 4.79 Å². The van der Waals surface area contributed by atoms with Gasteiger partial charge in [-0.3, -0.25) is 4.79 Å². The Kier molecular flexibility index (Phi) is 5.05. The standard InChI is InChI=1S/C20H30N2O/c1-20(2)17-11-7-6-10-16(17)19(20)21-13-12-18(23)22-14-15-8-4-3-5-9-15/h3-5,8-9,16-17,19,21H,6-7,10-14H2,1-2H3,(H,22,23)/t16-,17+,19-/m1/s1. The summed E-state index contributed by atoms with van der Waals surface area (Å²) in [5.74, 6) is 1.87. The van der Waals surface area contributed by atoms with Gasteiger partial charge in [-0.25, -0.2) is 0 Å². The molecule has 0 bridgehead atoms. The van der Waals surface area contributed by atoms with Crippen molar-refractivity contribution in [1.82, 2.24) is 10.6 Å². The second-order valence-electron chi connectivity index (χ2n) is 7.82. The molecular weight excluding hydrogens is 284 g/mol. The maximum absolute atomic E-state index is 12.0. The van der Waals surface area contributed by atoms with E-state index in [1.54, 1.807) is 0 Å². The second-order valence-corrected chi connectivity index (χ2v) is 7.82. The molecule has 2 N–H and O–H groups in total. The predicted octanol–water partition coefficient (Wildman–Crippen LogP) is 3.50. The lowest BCUT2D eigenvalue weighted by molar-refractivity contribution is -0.121. The Labute approximate surface area is 140 Å². The van der Waals surface area contributed by atoms with E-state index in [0.717, 1.165) is 23.9 Å². The number of benzene rings is 1. The fourth-order valence-electron chi connectivity index (χ4n) is 4.79. The number of fused-ring (bicyclic) bond motifs is 1. The van der Waals surface area contributed by atoms with Crippen molar-refractivity contribution in [3.63, 3.8) is 0 Å². The van der Waals surface area contributed by atoms with Crippen LogP contribution < -0.4 is 10.6 Å². The van der Waals surface area contributed by atoms with Crippen LogP contribution in [0.3, 0.4) is 0 Å². The molecule has 23 heavy (non-hydrogen) atoms. The summed E-state index contributed by atoms with van der Waals surface area (Å²) in [4.78, 5) is 12.0. The first-order valence-electron chi connectivity index (χ1n) is 9.13. The third-order valence-corrected chi connectivity index (χ3v) is 6.05.